The monoisotopic (exact) mass is 234 g/mol. The Morgan fingerprint density at radius 1 is 1.56 bits per heavy atom. The molecule has 0 aromatic carbocycles. The number of esters is 1. The smallest absolute Gasteiger partial charge is 0.343 e. The summed E-state index contributed by atoms with van der Waals surface area (Å²) in [5.74, 6) is -0.971. The van der Waals surface area contributed by atoms with E-state index in [1.165, 1.54) is 0 Å². The van der Waals surface area contributed by atoms with E-state index in [-0.39, 0.29) is 25.6 Å². The zero-order valence-corrected chi connectivity index (χ0v) is 9.74. The number of halogens is 1. The Morgan fingerprint density at radius 2 is 2.12 bits per heavy atom. The Hall–Kier alpha value is -0.680. The lowest BCUT2D eigenvalue weighted by Crippen LogP contribution is -2.48. The maximum atomic E-state index is 13.7. The third-order valence-electron chi connectivity index (χ3n) is 3.10. The zero-order valence-electron chi connectivity index (χ0n) is 9.74. The van der Waals surface area contributed by atoms with Crippen LogP contribution in [0.15, 0.2) is 0 Å². The van der Waals surface area contributed by atoms with Crippen LogP contribution in [0.2, 0.25) is 0 Å². The number of alkyl halides is 1. The van der Waals surface area contributed by atoms with Crippen molar-refractivity contribution < 1.29 is 23.8 Å². The molecule has 4 nitrogen and oxygen atoms in total. The molecular weight excluding hydrogens is 215 g/mol. The van der Waals surface area contributed by atoms with Crippen molar-refractivity contribution in [1.29, 1.82) is 0 Å². The number of aliphatic hydroxyl groups is 1. The molecule has 1 fully saturated rings. The molecule has 1 N–H and O–H groups in total. The van der Waals surface area contributed by atoms with Gasteiger partial charge in [0.05, 0.1) is 12.7 Å². The van der Waals surface area contributed by atoms with Gasteiger partial charge in [0.2, 0.25) is 6.17 Å². The van der Waals surface area contributed by atoms with Gasteiger partial charge in [-0.2, -0.15) is 0 Å². The SMILES string of the molecule is CCOC(=O)C(F)C1(O)CCC(OC)CC1. The first kappa shape index (κ1) is 13.4. The minimum absolute atomic E-state index is 0.0506. The summed E-state index contributed by atoms with van der Waals surface area (Å²) in [6.07, 6.45) is -0.323. The number of carbonyl (C=O) groups is 1. The highest BCUT2D eigenvalue weighted by Crippen LogP contribution is 2.34. The lowest BCUT2D eigenvalue weighted by Gasteiger charge is -2.36. The molecule has 16 heavy (non-hydrogen) atoms. The molecule has 0 spiro atoms. The van der Waals surface area contributed by atoms with Crippen molar-refractivity contribution in [2.75, 3.05) is 13.7 Å². The van der Waals surface area contributed by atoms with Gasteiger partial charge in [0.1, 0.15) is 5.60 Å². The normalized spacial score (nSPS) is 32.1. The molecule has 5 heteroatoms. The Labute approximate surface area is 94.7 Å². The molecule has 0 aromatic heterocycles. The predicted molar refractivity (Wildman–Crippen MR) is 55.7 cm³/mol. The molecule has 0 heterocycles. The van der Waals surface area contributed by atoms with Gasteiger partial charge in [-0.05, 0) is 32.6 Å². The van der Waals surface area contributed by atoms with Crippen LogP contribution in [-0.2, 0) is 14.3 Å². The summed E-state index contributed by atoms with van der Waals surface area (Å²) in [7, 11) is 1.59. The molecule has 0 aliphatic heterocycles. The number of carbonyl (C=O) groups excluding carboxylic acids is 1. The van der Waals surface area contributed by atoms with Crippen molar-refractivity contribution in [3.8, 4) is 0 Å². The fourth-order valence-electron chi connectivity index (χ4n) is 2.02. The van der Waals surface area contributed by atoms with Crippen molar-refractivity contribution in [2.24, 2.45) is 0 Å². The van der Waals surface area contributed by atoms with Crippen LogP contribution < -0.4 is 0 Å². The summed E-state index contributed by atoms with van der Waals surface area (Å²) in [5.41, 5.74) is -1.58. The Bertz CT molecular complexity index is 236. The van der Waals surface area contributed by atoms with Crippen LogP contribution in [0.5, 0.6) is 0 Å². The van der Waals surface area contributed by atoms with E-state index in [4.69, 9.17) is 4.74 Å². The molecule has 1 unspecified atom stereocenters. The molecule has 1 saturated carbocycles. The third kappa shape index (κ3) is 2.92. The highest BCUT2D eigenvalue weighted by atomic mass is 19.1. The van der Waals surface area contributed by atoms with Gasteiger partial charge in [0, 0.05) is 7.11 Å². The van der Waals surface area contributed by atoms with E-state index in [1.54, 1.807) is 14.0 Å². The quantitative estimate of drug-likeness (QED) is 0.743. The Kier molecular flexibility index (Phi) is 4.68. The highest BCUT2D eigenvalue weighted by Gasteiger charge is 2.45. The number of hydrogen-bond acceptors (Lipinski definition) is 4. The van der Waals surface area contributed by atoms with Crippen molar-refractivity contribution in [3.05, 3.63) is 0 Å². The molecule has 94 valence electrons. The number of methoxy groups -OCH3 is 1. The standard InChI is InChI=1S/C11H19FO4/c1-3-16-10(13)9(12)11(14)6-4-8(15-2)5-7-11/h8-9,14H,3-7H2,1-2H3. The van der Waals surface area contributed by atoms with Gasteiger partial charge in [0.25, 0.3) is 0 Å². The van der Waals surface area contributed by atoms with Gasteiger partial charge in [-0.1, -0.05) is 0 Å². The predicted octanol–water partition coefficient (Wildman–Crippen LogP) is 1.21. The summed E-state index contributed by atoms with van der Waals surface area (Å²) in [6.45, 7) is 1.73. The van der Waals surface area contributed by atoms with E-state index in [9.17, 15) is 14.3 Å². The molecule has 0 saturated heterocycles. The highest BCUT2D eigenvalue weighted by molar-refractivity contribution is 5.76. The Balaban J connectivity index is 2.55. The van der Waals surface area contributed by atoms with Crippen molar-refractivity contribution in [3.63, 3.8) is 0 Å². The second-order valence-electron chi connectivity index (χ2n) is 4.15. The van der Waals surface area contributed by atoms with E-state index in [0.717, 1.165) is 0 Å². The topological polar surface area (TPSA) is 55.8 Å². The summed E-state index contributed by atoms with van der Waals surface area (Å²) in [4.78, 5) is 11.2. The summed E-state index contributed by atoms with van der Waals surface area (Å²) in [6, 6.07) is 0. The van der Waals surface area contributed by atoms with Crippen LogP contribution in [0.1, 0.15) is 32.6 Å². The van der Waals surface area contributed by atoms with Crippen molar-refractivity contribution >= 4 is 5.97 Å². The number of hydrogen-bond donors (Lipinski definition) is 1. The van der Waals surface area contributed by atoms with Crippen LogP contribution in [0.3, 0.4) is 0 Å². The van der Waals surface area contributed by atoms with Gasteiger partial charge in [-0.3, -0.25) is 0 Å². The first-order valence-electron chi connectivity index (χ1n) is 5.59. The average Bonchev–Trinajstić information content (AvgIpc) is 2.29. The molecule has 0 bridgehead atoms. The number of ether oxygens (including phenoxy) is 2. The lowest BCUT2D eigenvalue weighted by molar-refractivity contribution is -0.165. The van der Waals surface area contributed by atoms with E-state index in [1.807, 2.05) is 0 Å². The molecule has 0 radical (unpaired) electrons. The van der Waals surface area contributed by atoms with Crippen LogP contribution in [0.25, 0.3) is 0 Å². The second kappa shape index (κ2) is 5.59. The van der Waals surface area contributed by atoms with E-state index in [0.29, 0.717) is 12.8 Å². The van der Waals surface area contributed by atoms with Crippen molar-refractivity contribution in [2.45, 2.75) is 50.5 Å². The third-order valence-corrected chi connectivity index (χ3v) is 3.10. The van der Waals surface area contributed by atoms with Crippen LogP contribution >= 0.6 is 0 Å². The summed E-state index contributed by atoms with van der Waals surface area (Å²) in [5, 5.41) is 10.0. The van der Waals surface area contributed by atoms with Crippen LogP contribution in [0.4, 0.5) is 4.39 Å². The van der Waals surface area contributed by atoms with Gasteiger partial charge in [-0.15, -0.1) is 0 Å². The first-order chi connectivity index (χ1) is 7.53. The van der Waals surface area contributed by atoms with Gasteiger partial charge >= 0.3 is 5.97 Å². The van der Waals surface area contributed by atoms with E-state index >= 15 is 0 Å². The molecular formula is C11H19FO4. The second-order valence-corrected chi connectivity index (χ2v) is 4.15. The van der Waals surface area contributed by atoms with Gasteiger partial charge in [-0.25, -0.2) is 9.18 Å². The molecule has 0 amide bonds. The first-order valence-corrected chi connectivity index (χ1v) is 5.59. The van der Waals surface area contributed by atoms with Crippen molar-refractivity contribution in [1.82, 2.24) is 0 Å². The largest absolute Gasteiger partial charge is 0.464 e. The maximum absolute atomic E-state index is 13.7. The molecule has 1 aliphatic carbocycles. The molecule has 1 aliphatic rings. The van der Waals surface area contributed by atoms with Crippen LogP contribution in [-0.4, -0.2) is 42.7 Å². The van der Waals surface area contributed by atoms with Gasteiger partial charge < -0.3 is 14.6 Å². The molecule has 0 aromatic rings. The Morgan fingerprint density at radius 3 is 2.56 bits per heavy atom. The minimum Gasteiger partial charge on any atom is -0.464 e. The van der Waals surface area contributed by atoms with E-state index in [2.05, 4.69) is 4.74 Å². The molecule has 1 atom stereocenters. The lowest BCUT2D eigenvalue weighted by atomic mass is 9.80. The maximum Gasteiger partial charge on any atom is 0.343 e. The molecule has 1 rings (SSSR count). The van der Waals surface area contributed by atoms with Gasteiger partial charge in [0.15, 0.2) is 0 Å². The fourth-order valence-corrected chi connectivity index (χ4v) is 2.02. The minimum atomic E-state index is -1.95. The summed E-state index contributed by atoms with van der Waals surface area (Å²) >= 11 is 0. The van der Waals surface area contributed by atoms with Crippen LogP contribution in [0, 0.1) is 0 Å². The summed E-state index contributed by atoms with van der Waals surface area (Å²) < 4.78 is 23.4. The fraction of sp³-hybridized carbons (Fsp3) is 0.909. The zero-order chi connectivity index (χ0) is 12.2. The average molecular weight is 234 g/mol. The van der Waals surface area contributed by atoms with E-state index < -0.39 is 17.7 Å². The number of rotatable bonds is 4.